The summed E-state index contributed by atoms with van der Waals surface area (Å²) in [5.41, 5.74) is 2.29. The van der Waals surface area contributed by atoms with Crippen LogP contribution in [0.4, 0.5) is 0 Å². The molecule has 0 bridgehead atoms. The van der Waals surface area contributed by atoms with Gasteiger partial charge in [-0.25, -0.2) is 0 Å². The molecule has 0 aromatic heterocycles. The van der Waals surface area contributed by atoms with E-state index < -0.39 is 6.10 Å². The molecule has 0 amide bonds. The molecule has 0 fully saturated rings. The van der Waals surface area contributed by atoms with Gasteiger partial charge in [-0.15, -0.1) is 0 Å². The second-order valence-electron chi connectivity index (χ2n) is 5.73. The summed E-state index contributed by atoms with van der Waals surface area (Å²) in [5, 5.41) is 21.9. The lowest BCUT2D eigenvalue weighted by Crippen LogP contribution is -2.22. The Bertz CT molecular complexity index is 365. The summed E-state index contributed by atoms with van der Waals surface area (Å²) < 4.78 is 5.14. The quantitative estimate of drug-likeness (QED) is 0.546. The summed E-state index contributed by atoms with van der Waals surface area (Å²) in [6, 6.07) is 8.25. The largest absolute Gasteiger partial charge is 0.394 e. The molecule has 0 radical (unpaired) electrons. The van der Waals surface area contributed by atoms with Crippen molar-refractivity contribution in [1.29, 1.82) is 0 Å². The molecule has 1 unspecified atom stereocenters. The van der Waals surface area contributed by atoms with Crippen molar-refractivity contribution < 1.29 is 14.9 Å². The number of aliphatic hydroxyl groups excluding tert-OH is 2. The number of hydrogen-bond donors (Lipinski definition) is 3. The van der Waals surface area contributed by atoms with Crippen molar-refractivity contribution >= 4 is 0 Å². The molecule has 1 atom stereocenters. The molecular formula is C17H29NO3. The highest BCUT2D eigenvalue weighted by atomic mass is 16.5. The number of benzene rings is 1. The molecular weight excluding hydrogens is 266 g/mol. The maximum atomic E-state index is 10.1. The number of hydrogen-bond acceptors (Lipinski definition) is 4. The molecule has 1 aromatic rings. The van der Waals surface area contributed by atoms with E-state index in [1.54, 1.807) is 0 Å². The normalized spacial score (nSPS) is 12.8. The van der Waals surface area contributed by atoms with Gasteiger partial charge >= 0.3 is 0 Å². The molecule has 120 valence electrons. The van der Waals surface area contributed by atoms with Crippen LogP contribution in [0, 0.1) is 5.92 Å². The fourth-order valence-corrected chi connectivity index (χ4v) is 2.19. The van der Waals surface area contributed by atoms with Crippen LogP contribution in [0.2, 0.25) is 0 Å². The first-order chi connectivity index (χ1) is 10.1. The average molecular weight is 295 g/mol. The Morgan fingerprint density at radius 2 is 1.81 bits per heavy atom. The highest BCUT2D eigenvalue weighted by molar-refractivity contribution is 5.24. The van der Waals surface area contributed by atoms with Crippen molar-refractivity contribution in [3.63, 3.8) is 0 Å². The Hall–Kier alpha value is -0.940. The summed E-state index contributed by atoms with van der Waals surface area (Å²) >= 11 is 0. The molecule has 0 saturated heterocycles. The molecule has 3 N–H and O–H groups in total. The standard InChI is InChI=1S/C17H29NO3/c1-14(2)13-15-3-5-16(6-4-15)17(20)7-8-18-9-11-21-12-10-19/h3-6,14,17-20H,7-13H2,1-2H3. The zero-order chi connectivity index (χ0) is 15.5. The van der Waals surface area contributed by atoms with Crippen molar-refractivity contribution in [3.05, 3.63) is 35.4 Å². The van der Waals surface area contributed by atoms with Gasteiger partial charge in [-0.2, -0.15) is 0 Å². The lowest BCUT2D eigenvalue weighted by atomic mass is 9.99. The van der Waals surface area contributed by atoms with Gasteiger partial charge in [-0.1, -0.05) is 38.1 Å². The molecule has 0 aliphatic carbocycles. The fourth-order valence-electron chi connectivity index (χ4n) is 2.19. The van der Waals surface area contributed by atoms with Gasteiger partial charge < -0.3 is 20.3 Å². The van der Waals surface area contributed by atoms with Gasteiger partial charge in [-0.3, -0.25) is 0 Å². The third-order valence-electron chi connectivity index (χ3n) is 3.26. The summed E-state index contributed by atoms with van der Waals surface area (Å²) in [7, 11) is 0. The van der Waals surface area contributed by atoms with Crippen molar-refractivity contribution in [1.82, 2.24) is 5.32 Å². The third-order valence-corrected chi connectivity index (χ3v) is 3.26. The van der Waals surface area contributed by atoms with Crippen LogP contribution in [-0.2, 0) is 11.2 Å². The van der Waals surface area contributed by atoms with Crippen molar-refractivity contribution in [3.8, 4) is 0 Å². The highest BCUT2D eigenvalue weighted by Crippen LogP contribution is 2.18. The SMILES string of the molecule is CC(C)Cc1ccc(C(O)CCNCCOCCO)cc1. The first-order valence-electron chi connectivity index (χ1n) is 7.79. The van der Waals surface area contributed by atoms with Crippen LogP contribution < -0.4 is 5.32 Å². The molecule has 21 heavy (non-hydrogen) atoms. The maximum absolute atomic E-state index is 10.1. The molecule has 4 nitrogen and oxygen atoms in total. The lowest BCUT2D eigenvalue weighted by molar-refractivity contribution is 0.0930. The minimum absolute atomic E-state index is 0.0610. The van der Waals surface area contributed by atoms with E-state index in [9.17, 15) is 5.11 Å². The summed E-state index contributed by atoms with van der Waals surface area (Å²) in [6.07, 6.45) is 1.33. The van der Waals surface area contributed by atoms with Gasteiger partial charge in [0.1, 0.15) is 0 Å². The molecule has 0 spiro atoms. The summed E-state index contributed by atoms with van der Waals surface area (Å²) in [6.45, 7) is 6.92. The van der Waals surface area contributed by atoms with E-state index in [-0.39, 0.29) is 6.61 Å². The molecule has 1 rings (SSSR count). The predicted molar refractivity (Wildman–Crippen MR) is 85.3 cm³/mol. The second-order valence-corrected chi connectivity index (χ2v) is 5.73. The molecule has 1 aromatic carbocycles. The van der Waals surface area contributed by atoms with Crippen LogP contribution in [0.5, 0.6) is 0 Å². The van der Waals surface area contributed by atoms with E-state index in [0.29, 0.717) is 25.6 Å². The van der Waals surface area contributed by atoms with E-state index >= 15 is 0 Å². The van der Waals surface area contributed by atoms with Crippen LogP contribution >= 0.6 is 0 Å². The van der Waals surface area contributed by atoms with E-state index in [1.165, 1.54) is 5.56 Å². The highest BCUT2D eigenvalue weighted by Gasteiger charge is 2.07. The fraction of sp³-hybridized carbons (Fsp3) is 0.647. The monoisotopic (exact) mass is 295 g/mol. The summed E-state index contributed by atoms with van der Waals surface area (Å²) in [5.74, 6) is 0.651. The van der Waals surface area contributed by atoms with E-state index in [2.05, 4.69) is 31.3 Å². The Kier molecular flexibility index (Phi) is 9.26. The van der Waals surface area contributed by atoms with Crippen LogP contribution in [0.25, 0.3) is 0 Å². The number of nitrogens with one attached hydrogen (secondary N) is 1. The number of ether oxygens (including phenoxy) is 1. The van der Waals surface area contributed by atoms with Crippen molar-refractivity contribution in [2.45, 2.75) is 32.8 Å². The zero-order valence-corrected chi connectivity index (χ0v) is 13.2. The first kappa shape index (κ1) is 18.1. The summed E-state index contributed by atoms with van der Waals surface area (Å²) in [4.78, 5) is 0. The van der Waals surface area contributed by atoms with Gasteiger partial charge in [0.2, 0.25) is 0 Å². The minimum atomic E-state index is -0.427. The molecule has 0 aliphatic rings. The number of rotatable bonds is 11. The maximum Gasteiger partial charge on any atom is 0.0802 e. The predicted octanol–water partition coefficient (Wildman–Crippen LogP) is 1.91. The van der Waals surface area contributed by atoms with Gasteiger partial charge in [0, 0.05) is 6.54 Å². The average Bonchev–Trinajstić information content (AvgIpc) is 2.46. The van der Waals surface area contributed by atoms with Gasteiger partial charge in [0.05, 0.1) is 25.9 Å². The van der Waals surface area contributed by atoms with Crippen LogP contribution in [0.1, 0.15) is 37.5 Å². The number of aliphatic hydroxyl groups is 2. The van der Waals surface area contributed by atoms with E-state index in [0.717, 1.165) is 25.1 Å². The molecule has 4 heteroatoms. The van der Waals surface area contributed by atoms with Crippen LogP contribution in [0.3, 0.4) is 0 Å². The molecule has 0 heterocycles. The Labute approximate surface area is 128 Å². The van der Waals surface area contributed by atoms with Gasteiger partial charge in [-0.05, 0) is 36.4 Å². The lowest BCUT2D eigenvalue weighted by Gasteiger charge is -2.13. The van der Waals surface area contributed by atoms with Gasteiger partial charge in [0.15, 0.2) is 0 Å². The first-order valence-corrected chi connectivity index (χ1v) is 7.79. The molecule has 0 saturated carbocycles. The smallest absolute Gasteiger partial charge is 0.0802 e. The van der Waals surface area contributed by atoms with Crippen LogP contribution in [-0.4, -0.2) is 43.1 Å². The van der Waals surface area contributed by atoms with Crippen LogP contribution in [0.15, 0.2) is 24.3 Å². The van der Waals surface area contributed by atoms with Crippen molar-refractivity contribution in [2.24, 2.45) is 5.92 Å². The van der Waals surface area contributed by atoms with E-state index in [1.807, 2.05) is 12.1 Å². The Balaban J connectivity index is 2.21. The third kappa shape index (κ3) is 8.17. The Morgan fingerprint density at radius 3 is 2.43 bits per heavy atom. The zero-order valence-electron chi connectivity index (χ0n) is 13.2. The minimum Gasteiger partial charge on any atom is -0.394 e. The Morgan fingerprint density at radius 1 is 1.10 bits per heavy atom. The topological polar surface area (TPSA) is 61.7 Å². The molecule has 0 aliphatic heterocycles. The van der Waals surface area contributed by atoms with E-state index in [4.69, 9.17) is 9.84 Å². The van der Waals surface area contributed by atoms with Crippen molar-refractivity contribution in [2.75, 3.05) is 32.9 Å². The van der Waals surface area contributed by atoms with Gasteiger partial charge in [0.25, 0.3) is 0 Å². The second kappa shape index (κ2) is 10.7.